The minimum Gasteiger partial charge on any atom is -0.748 e. The molecule has 0 amide bonds. The normalized spacial score (nSPS) is 9.27. The molecule has 0 atom stereocenters. The van der Waals surface area contributed by atoms with Crippen LogP contribution in [0.5, 0.6) is 0 Å². The number of hydrogen-bond acceptors (Lipinski definition) is 2. The monoisotopic (exact) mass is 464 g/mol. The summed E-state index contributed by atoms with van der Waals surface area (Å²) in [4.78, 5) is 11.5. The van der Waals surface area contributed by atoms with Gasteiger partial charge in [-0.1, -0.05) is 63.9 Å². The van der Waals surface area contributed by atoms with E-state index in [1.54, 1.807) is 12.1 Å². The molecule has 0 aromatic heterocycles. The van der Waals surface area contributed by atoms with Gasteiger partial charge in [0.05, 0.1) is 6.61 Å². The number of carbonyl (C=O) groups is 1. The van der Waals surface area contributed by atoms with E-state index in [9.17, 15) is 4.79 Å². The Morgan fingerprint density at radius 3 is 1.69 bits per heavy atom. The van der Waals surface area contributed by atoms with Gasteiger partial charge in [-0.3, -0.25) is 4.79 Å². The molecule has 0 spiro atoms. The summed E-state index contributed by atoms with van der Waals surface area (Å²) in [5, 5.41) is 0. The predicted octanol–water partition coefficient (Wildman–Crippen LogP) is 7.07. The first-order chi connectivity index (χ1) is 11.8. The summed E-state index contributed by atoms with van der Waals surface area (Å²) in [5.41, 5.74) is 0.663. The number of esters is 1. The van der Waals surface area contributed by atoms with Gasteiger partial charge < -0.3 is 35.1 Å². The summed E-state index contributed by atoms with van der Waals surface area (Å²) in [6.45, 7) is 2.80. The number of carbonyl (C=O) groups excluding carboxylic acids is 1. The number of ether oxygens (including phenoxy) is 1. The van der Waals surface area contributed by atoms with Crippen LogP contribution in [0.3, 0.4) is 0 Å². The number of rotatable bonds is 11. The van der Waals surface area contributed by atoms with Crippen LogP contribution >= 0.6 is 17.0 Å². The van der Waals surface area contributed by atoms with Crippen molar-refractivity contribution in [1.82, 2.24) is 0 Å². The number of hydrogen-bond donors (Lipinski definition) is 0. The smallest absolute Gasteiger partial charge is 0.281 e. The second-order valence-corrected chi connectivity index (χ2v) is 6.10. The van der Waals surface area contributed by atoms with E-state index >= 15 is 0 Å². The summed E-state index contributed by atoms with van der Waals surface area (Å²) in [5.74, 6) is -0.190. The van der Waals surface area contributed by atoms with Crippen LogP contribution < -0.4 is 0 Å². The molecule has 0 aliphatic carbocycles. The van der Waals surface area contributed by atoms with E-state index in [1.807, 2.05) is 42.5 Å². The van der Waals surface area contributed by atoms with E-state index in [2.05, 4.69) is 6.92 Å². The zero-order chi connectivity index (χ0) is 17.3. The largest absolute Gasteiger partial charge is 0.748 e. The summed E-state index contributed by atoms with van der Waals surface area (Å²) in [6, 6.07) is 17.3. The Morgan fingerprint density at radius 2 is 1.23 bits per heavy atom. The van der Waals surface area contributed by atoms with Crippen molar-refractivity contribution in [3.8, 4) is 0 Å². The third kappa shape index (κ3) is 15.4. The van der Waals surface area contributed by atoms with E-state index in [0.29, 0.717) is 12.2 Å². The van der Waals surface area contributed by atoms with Crippen molar-refractivity contribution in [3.63, 3.8) is 0 Å². The molecule has 0 bridgehead atoms. The maximum Gasteiger partial charge on any atom is 0.281 e. The first-order valence-electron chi connectivity index (χ1n) is 9.40. The van der Waals surface area contributed by atoms with Crippen LogP contribution in [0.2, 0.25) is 0 Å². The van der Waals surface area contributed by atoms with Crippen molar-refractivity contribution in [2.24, 2.45) is 0 Å². The Balaban J connectivity index is 0. The third-order valence-electron chi connectivity index (χ3n) is 3.93. The summed E-state index contributed by atoms with van der Waals surface area (Å²) >= 11 is 0. The van der Waals surface area contributed by atoms with Gasteiger partial charge in [0.15, 0.2) is 0 Å². The SMILES string of the molecule is Br.CCCCCCCCCCCOC(=O)[c-]1cccc1.[Fe].[cH-]1[cH-][cH-][cH-][cH-]1. The zero-order valence-corrected chi connectivity index (χ0v) is 18.7. The van der Waals surface area contributed by atoms with Gasteiger partial charge in [-0.05, 0) is 6.42 Å². The van der Waals surface area contributed by atoms with Crippen molar-refractivity contribution in [2.75, 3.05) is 6.61 Å². The molecule has 0 aliphatic rings. The van der Waals surface area contributed by atoms with Gasteiger partial charge in [0.2, 0.25) is 0 Å². The molecule has 2 aromatic carbocycles. The summed E-state index contributed by atoms with van der Waals surface area (Å²) in [6.07, 6.45) is 11.5. The predicted molar refractivity (Wildman–Crippen MR) is 112 cm³/mol. The van der Waals surface area contributed by atoms with E-state index in [4.69, 9.17) is 4.74 Å². The van der Waals surface area contributed by atoms with Gasteiger partial charge in [-0.2, -0.15) is 12.1 Å². The van der Waals surface area contributed by atoms with Gasteiger partial charge in [0.25, 0.3) is 5.97 Å². The molecule has 0 saturated carbocycles. The fourth-order valence-electron chi connectivity index (χ4n) is 2.49. The molecule has 0 N–H and O–H groups in total. The van der Waals surface area contributed by atoms with Crippen molar-refractivity contribution < 1.29 is 26.6 Å². The molecule has 0 heterocycles. The Hall–Kier alpha value is -0.831. The summed E-state index contributed by atoms with van der Waals surface area (Å²) in [7, 11) is 0. The Labute approximate surface area is 180 Å². The molecule has 2 aromatic rings. The van der Waals surface area contributed by atoms with Crippen LogP contribution in [0.15, 0.2) is 54.6 Å². The molecule has 0 fully saturated rings. The topological polar surface area (TPSA) is 26.3 Å². The van der Waals surface area contributed by atoms with Gasteiger partial charge in [0.1, 0.15) is 0 Å². The van der Waals surface area contributed by atoms with Gasteiger partial charge in [-0.15, -0.1) is 17.0 Å². The molecule has 0 unspecified atom stereocenters. The van der Waals surface area contributed by atoms with Crippen LogP contribution in [-0.2, 0) is 21.8 Å². The summed E-state index contributed by atoms with van der Waals surface area (Å²) < 4.78 is 5.21. The average Bonchev–Trinajstić information content (AvgIpc) is 3.32. The maximum absolute atomic E-state index is 11.5. The molecule has 154 valence electrons. The average molecular weight is 465 g/mol. The molecule has 4 heteroatoms. The first kappa shape index (κ1) is 27.4. The van der Waals surface area contributed by atoms with E-state index < -0.39 is 0 Å². The maximum atomic E-state index is 11.5. The molecular formula is C22H33BrFeO2-6. The standard InChI is InChI=1S/C17H27O2.C5H5.BrH.Fe/c1-2-3-4-5-6-7-8-9-12-15-19-17(18)16-13-10-11-14-16;1-2-4-5-3-1;;/h10-11,13-14H,2-9,12,15H2,1H3;1-5H;1H;/q-1;-5;;. The molecule has 0 saturated heterocycles. The molecular weight excluding hydrogens is 432 g/mol. The van der Waals surface area contributed by atoms with E-state index in [1.165, 1.54) is 51.4 Å². The minimum absolute atomic E-state index is 0. The van der Waals surface area contributed by atoms with Crippen molar-refractivity contribution in [3.05, 3.63) is 60.2 Å². The third-order valence-corrected chi connectivity index (χ3v) is 3.93. The first-order valence-corrected chi connectivity index (χ1v) is 9.40. The van der Waals surface area contributed by atoms with Crippen LogP contribution in [0, 0.1) is 0 Å². The Kier molecular flexibility index (Phi) is 21.6. The van der Waals surface area contributed by atoms with Crippen LogP contribution in [-0.4, -0.2) is 12.6 Å². The fourth-order valence-corrected chi connectivity index (χ4v) is 2.49. The van der Waals surface area contributed by atoms with Gasteiger partial charge in [-0.25, -0.2) is 12.1 Å². The molecule has 2 nitrogen and oxygen atoms in total. The van der Waals surface area contributed by atoms with Gasteiger partial charge in [0, 0.05) is 17.1 Å². The molecule has 26 heavy (non-hydrogen) atoms. The van der Waals surface area contributed by atoms with Crippen molar-refractivity contribution >= 4 is 23.0 Å². The quantitative estimate of drug-likeness (QED) is 0.154. The fraction of sp³-hybridized carbons (Fsp3) is 0.500. The molecule has 2 rings (SSSR count). The second-order valence-electron chi connectivity index (χ2n) is 6.10. The van der Waals surface area contributed by atoms with E-state index in [0.717, 1.165) is 6.42 Å². The van der Waals surface area contributed by atoms with Crippen molar-refractivity contribution in [2.45, 2.75) is 64.7 Å². The van der Waals surface area contributed by atoms with Gasteiger partial charge >= 0.3 is 0 Å². The van der Waals surface area contributed by atoms with Crippen LogP contribution in [0.4, 0.5) is 0 Å². The van der Waals surface area contributed by atoms with Crippen LogP contribution in [0.1, 0.15) is 75.1 Å². The number of unbranched alkanes of at least 4 members (excludes halogenated alkanes) is 8. The van der Waals surface area contributed by atoms with E-state index in [-0.39, 0.29) is 40.0 Å². The zero-order valence-electron chi connectivity index (χ0n) is 15.8. The minimum atomic E-state index is -0.190. The molecule has 0 aliphatic heterocycles. The van der Waals surface area contributed by atoms with Crippen molar-refractivity contribution in [1.29, 1.82) is 0 Å². The number of halogens is 1. The molecule has 0 radical (unpaired) electrons. The van der Waals surface area contributed by atoms with Crippen LogP contribution in [0.25, 0.3) is 0 Å². The Morgan fingerprint density at radius 1 is 0.808 bits per heavy atom. The Bertz CT molecular complexity index is 463. The second kappa shape index (κ2) is 20.5.